The predicted molar refractivity (Wildman–Crippen MR) is 77.4 cm³/mol. The number of nitrogens with zero attached hydrogens (tertiary/aromatic N) is 3. The molecule has 0 unspecified atom stereocenters. The van der Waals surface area contributed by atoms with Crippen molar-refractivity contribution >= 4 is 11.8 Å². The fraction of sp³-hybridized carbons (Fsp3) is 0.533. The van der Waals surface area contributed by atoms with Gasteiger partial charge in [-0.15, -0.1) is 0 Å². The van der Waals surface area contributed by atoms with Gasteiger partial charge in [-0.2, -0.15) is 0 Å². The summed E-state index contributed by atoms with van der Waals surface area (Å²) in [7, 11) is 0. The Labute approximate surface area is 171 Å². The van der Waals surface area contributed by atoms with Crippen molar-refractivity contribution in [1.82, 2.24) is 4.98 Å². The summed E-state index contributed by atoms with van der Waals surface area (Å²) < 4.78 is 11.2. The van der Waals surface area contributed by atoms with E-state index in [4.69, 9.17) is 9.47 Å². The summed E-state index contributed by atoms with van der Waals surface area (Å²) in [6, 6.07) is 5.71. The van der Waals surface area contributed by atoms with Gasteiger partial charge >= 0.3 is 16.8 Å². The van der Waals surface area contributed by atoms with Gasteiger partial charge < -0.3 is 46.7 Å². The molecule has 0 N–H and O–H groups in total. The van der Waals surface area contributed by atoms with Gasteiger partial charge in [0.05, 0.1) is 11.1 Å². The summed E-state index contributed by atoms with van der Waals surface area (Å²) in [6.45, 7) is 9.32. The van der Waals surface area contributed by atoms with Gasteiger partial charge in [-0.05, 0) is 39.8 Å². The fourth-order valence-corrected chi connectivity index (χ4v) is 2.10. The van der Waals surface area contributed by atoms with Crippen LogP contribution in [0.5, 0.6) is 0 Å². The second-order valence-corrected chi connectivity index (χ2v) is 6.44. The maximum absolute atomic E-state index is 5.62. The van der Waals surface area contributed by atoms with Gasteiger partial charge in [-0.1, -0.05) is 6.07 Å². The third kappa shape index (κ3) is 5.77. The van der Waals surface area contributed by atoms with Gasteiger partial charge in [0.2, 0.25) is 11.8 Å². The fourth-order valence-electron chi connectivity index (χ4n) is 2.10. The molecule has 2 aliphatic rings. The van der Waals surface area contributed by atoms with E-state index in [9.17, 15) is 0 Å². The van der Waals surface area contributed by atoms with E-state index >= 15 is 0 Å². The molecule has 136 valence electrons. The molecule has 0 saturated carbocycles. The Bertz CT molecular complexity index is 572. The van der Waals surface area contributed by atoms with E-state index < -0.39 is 0 Å². The standard InChI is InChI=1S/C15H19N3O2.3ClH.Co/c1-14(2)8-19-12(17-14)10-6-5-7-11(16-10)13-18-15(3,4)9-20-13;;;;/h5-7H,8-9H2,1-4H3;3*1H;/q;;;;+3/p-3. The molecule has 0 spiro atoms. The molecule has 1 aromatic heterocycles. The smallest absolute Gasteiger partial charge is 1.00 e. The molecule has 0 aliphatic carbocycles. The van der Waals surface area contributed by atoms with Crippen LogP contribution in [0.1, 0.15) is 39.1 Å². The molecule has 9 heteroatoms. The third-order valence-electron chi connectivity index (χ3n) is 3.12. The first-order chi connectivity index (χ1) is 9.35. The van der Waals surface area contributed by atoms with Crippen molar-refractivity contribution in [2.24, 2.45) is 9.98 Å². The minimum atomic E-state index is -0.184. The van der Waals surface area contributed by atoms with E-state index in [-0.39, 0.29) is 65.1 Å². The summed E-state index contributed by atoms with van der Waals surface area (Å²) >= 11 is 0. The average Bonchev–Trinajstić information content (AvgIpc) is 2.92. The van der Waals surface area contributed by atoms with Crippen LogP contribution in [0.3, 0.4) is 0 Å². The molecule has 0 aromatic carbocycles. The van der Waals surface area contributed by atoms with Crippen molar-refractivity contribution in [2.45, 2.75) is 38.8 Å². The molecule has 3 rings (SSSR count). The van der Waals surface area contributed by atoms with E-state index in [0.717, 1.165) is 11.4 Å². The quantitative estimate of drug-likeness (QED) is 0.461. The van der Waals surface area contributed by atoms with E-state index in [0.29, 0.717) is 25.0 Å². The molecule has 1 aromatic rings. The van der Waals surface area contributed by atoms with E-state index in [1.807, 2.05) is 45.9 Å². The Balaban J connectivity index is 0. The van der Waals surface area contributed by atoms with Crippen LogP contribution in [0.25, 0.3) is 0 Å². The van der Waals surface area contributed by atoms with Crippen molar-refractivity contribution in [1.29, 1.82) is 0 Å². The minimum absolute atomic E-state index is 0. The Morgan fingerprint density at radius 1 is 0.792 bits per heavy atom. The first-order valence-corrected chi connectivity index (χ1v) is 6.78. The molecular weight excluding hydrogens is 419 g/mol. The van der Waals surface area contributed by atoms with Crippen molar-refractivity contribution in [3.63, 3.8) is 0 Å². The SMILES string of the molecule is CC1(C)COC(c2cccc(C3=NC(C)(C)CO3)n2)=N1.[Cl-].[Cl-].[Cl-].[Co+3]. The molecule has 3 heterocycles. The molecule has 0 bridgehead atoms. The van der Waals surface area contributed by atoms with Crippen molar-refractivity contribution in [3.05, 3.63) is 29.6 Å². The molecular formula is C15H19Cl3CoN3O2. The third-order valence-corrected chi connectivity index (χ3v) is 3.12. The van der Waals surface area contributed by atoms with Crippen LogP contribution in [-0.4, -0.2) is 41.1 Å². The number of pyridine rings is 1. The number of hydrogen-bond acceptors (Lipinski definition) is 5. The number of ether oxygens (including phenoxy) is 2. The van der Waals surface area contributed by atoms with Gasteiger partial charge in [0.1, 0.15) is 24.6 Å². The number of halogens is 3. The van der Waals surface area contributed by atoms with Crippen LogP contribution < -0.4 is 37.2 Å². The Morgan fingerprint density at radius 3 is 1.46 bits per heavy atom. The molecule has 0 amide bonds. The van der Waals surface area contributed by atoms with Crippen LogP contribution >= 0.6 is 0 Å². The van der Waals surface area contributed by atoms with E-state index in [2.05, 4.69) is 15.0 Å². The van der Waals surface area contributed by atoms with Crippen LogP contribution in [0.15, 0.2) is 28.2 Å². The Morgan fingerprint density at radius 2 is 1.17 bits per heavy atom. The van der Waals surface area contributed by atoms with Gasteiger partial charge in [0.15, 0.2) is 0 Å². The van der Waals surface area contributed by atoms with Gasteiger partial charge in [0.25, 0.3) is 0 Å². The summed E-state index contributed by atoms with van der Waals surface area (Å²) in [4.78, 5) is 13.6. The topological polar surface area (TPSA) is 56.1 Å². The van der Waals surface area contributed by atoms with Gasteiger partial charge in [0, 0.05) is 0 Å². The van der Waals surface area contributed by atoms with Crippen LogP contribution in [-0.2, 0) is 26.3 Å². The van der Waals surface area contributed by atoms with Crippen molar-refractivity contribution < 1.29 is 63.5 Å². The largest absolute Gasteiger partial charge is 3.00 e. The molecule has 0 fully saturated rings. The number of hydrogen-bond donors (Lipinski definition) is 0. The molecule has 0 radical (unpaired) electrons. The monoisotopic (exact) mass is 437 g/mol. The van der Waals surface area contributed by atoms with Crippen LogP contribution in [0.2, 0.25) is 0 Å². The van der Waals surface area contributed by atoms with Gasteiger partial charge in [-0.3, -0.25) is 0 Å². The van der Waals surface area contributed by atoms with Crippen molar-refractivity contribution in [3.8, 4) is 0 Å². The van der Waals surface area contributed by atoms with E-state index in [1.165, 1.54) is 0 Å². The molecule has 5 nitrogen and oxygen atoms in total. The second kappa shape index (κ2) is 9.24. The summed E-state index contributed by atoms with van der Waals surface area (Å²) in [5, 5.41) is 0. The Hall–Kier alpha value is -0.534. The van der Waals surface area contributed by atoms with Crippen molar-refractivity contribution in [2.75, 3.05) is 13.2 Å². The zero-order valence-corrected chi connectivity index (χ0v) is 17.1. The molecule has 0 saturated heterocycles. The number of aromatic nitrogens is 1. The summed E-state index contributed by atoms with van der Waals surface area (Å²) in [5.74, 6) is 1.18. The number of aliphatic imine (C=N–C) groups is 2. The van der Waals surface area contributed by atoms with E-state index in [1.54, 1.807) is 0 Å². The van der Waals surface area contributed by atoms with Crippen LogP contribution in [0.4, 0.5) is 0 Å². The minimum Gasteiger partial charge on any atom is -1.00 e. The first-order valence-electron chi connectivity index (χ1n) is 6.78. The average molecular weight is 439 g/mol. The summed E-state index contributed by atoms with van der Waals surface area (Å²) in [5.41, 5.74) is 1.08. The zero-order chi connectivity index (χ0) is 14.4. The molecule has 2 aliphatic heterocycles. The summed E-state index contributed by atoms with van der Waals surface area (Å²) in [6.07, 6.45) is 0. The maximum Gasteiger partial charge on any atom is 3.00 e. The molecule has 24 heavy (non-hydrogen) atoms. The normalized spacial score (nSPS) is 19.0. The Kier molecular flexibility index (Phi) is 9.90. The maximum atomic E-state index is 5.62. The predicted octanol–water partition coefficient (Wildman–Crippen LogP) is -6.80. The zero-order valence-electron chi connectivity index (χ0n) is 13.8. The van der Waals surface area contributed by atoms with Gasteiger partial charge in [-0.25, -0.2) is 15.0 Å². The second-order valence-electron chi connectivity index (χ2n) is 6.44. The molecule has 0 atom stereocenters. The number of rotatable bonds is 2. The van der Waals surface area contributed by atoms with Crippen LogP contribution in [0, 0.1) is 0 Å². The first kappa shape index (κ1) is 25.7.